The van der Waals surface area contributed by atoms with Crippen LogP contribution in [-0.4, -0.2) is 47.5 Å². The van der Waals surface area contributed by atoms with Crippen molar-refractivity contribution in [2.24, 2.45) is 10.4 Å². The third-order valence-electron chi connectivity index (χ3n) is 8.72. The van der Waals surface area contributed by atoms with Crippen LogP contribution in [0.1, 0.15) is 76.1 Å². The Balaban J connectivity index is 1.55. The third kappa shape index (κ3) is 6.90. The van der Waals surface area contributed by atoms with E-state index in [9.17, 15) is 0 Å². The zero-order valence-corrected chi connectivity index (χ0v) is 29.9. The summed E-state index contributed by atoms with van der Waals surface area (Å²) in [7, 11) is 5.90. The van der Waals surface area contributed by atoms with Gasteiger partial charge in [-0.2, -0.15) is 0 Å². The molecule has 1 atom stereocenters. The minimum absolute atomic E-state index is 0.00783. The third-order valence-corrected chi connectivity index (χ3v) is 9.03. The summed E-state index contributed by atoms with van der Waals surface area (Å²) in [6, 6.07) is 6.63. The fourth-order valence-corrected chi connectivity index (χ4v) is 6.91. The van der Waals surface area contributed by atoms with Gasteiger partial charge < -0.3 is 25.0 Å². The van der Waals surface area contributed by atoms with Gasteiger partial charge in [0.1, 0.15) is 11.6 Å². The molecule has 2 aliphatic rings. The number of aryl methyl sites for hydroxylation is 1. The van der Waals surface area contributed by atoms with Gasteiger partial charge in [-0.3, -0.25) is 0 Å². The van der Waals surface area contributed by atoms with Gasteiger partial charge in [-0.25, -0.2) is 9.98 Å². The molecular formula is C38H50ClN7. The molecule has 0 saturated heterocycles. The van der Waals surface area contributed by atoms with E-state index in [0.29, 0.717) is 11.6 Å². The van der Waals surface area contributed by atoms with Gasteiger partial charge in [-0.15, -0.1) is 0 Å². The molecule has 1 aromatic carbocycles. The van der Waals surface area contributed by atoms with Gasteiger partial charge in [-0.05, 0) is 67.4 Å². The van der Waals surface area contributed by atoms with Crippen molar-refractivity contribution in [3.8, 4) is 11.1 Å². The molecule has 5 rings (SSSR count). The lowest BCUT2D eigenvalue weighted by Crippen LogP contribution is -2.50. The molecule has 0 aliphatic carbocycles. The number of aliphatic imine (C=N–C) groups is 1. The number of fused-ring (bicyclic) bond motifs is 1. The Morgan fingerprint density at radius 1 is 1.17 bits per heavy atom. The highest BCUT2D eigenvalue weighted by Gasteiger charge is 2.36. The van der Waals surface area contributed by atoms with Crippen molar-refractivity contribution in [1.29, 1.82) is 0 Å². The molecule has 0 saturated carbocycles. The number of unbranched alkanes of at least 4 members (excludes halogenated alkanes) is 1. The first-order valence-electron chi connectivity index (χ1n) is 16.2. The zero-order chi connectivity index (χ0) is 33.6. The van der Waals surface area contributed by atoms with Gasteiger partial charge in [0, 0.05) is 67.2 Å². The van der Waals surface area contributed by atoms with Crippen LogP contribution in [0, 0.1) is 12.3 Å². The van der Waals surface area contributed by atoms with E-state index >= 15 is 0 Å². The Morgan fingerprint density at radius 2 is 1.89 bits per heavy atom. The molecule has 0 spiro atoms. The highest BCUT2D eigenvalue weighted by molar-refractivity contribution is 6.33. The summed E-state index contributed by atoms with van der Waals surface area (Å²) in [4.78, 5) is 13.2. The molecule has 244 valence electrons. The van der Waals surface area contributed by atoms with Crippen LogP contribution in [0.4, 0.5) is 17.3 Å². The van der Waals surface area contributed by atoms with Crippen LogP contribution in [0.2, 0.25) is 5.02 Å². The average molecular weight is 640 g/mol. The average Bonchev–Trinajstić information content (AvgIpc) is 3.31. The zero-order valence-electron chi connectivity index (χ0n) is 29.1. The lowest BCUT2D eigenvalue weighted by atomic mass is 9.75. The van der Waals surface area contributed by atoms with E-state index in [4.69, 9.17) is 16.6 Å². The molecule has 1 unspecified atom stereocenters. The van der Waals surface area contributed by atoms with Crippen molar-refractivity contribution in [2.45, 2.75) is 79.3 Å². The molecule has 8 heteroatoms. The quantitative estimate of drug-likeness (QED) is 0.219. The molecule has 0 bridgehead atoms. The van der Waals surface area contributed by atoms with Crippen LogP contribution >= 0.6 is 11.6 Å². The van der Waals surface area contributed by atoms with Crippen molar-refractivity contribution in [3.63, 3.8) is 0 Å². The number of nitrogens with one attached hydrogen (secondary N) is 2. The number of hydrogen-bond donors (Lipinski definition) is 2. The maximum atomic E-state index is 6.51. The van der Waals surface area contributed by atoms with E-state index in [1.165, 1.54) is 22.4 Å². The van der Waals surface area contributed by atoms with E-state index < -0.39 is 0 Å². The summed E-state index contributed by atoms with van der Waals surface area (Å²) in [6.07, 6.45) is 12.6. The lowest BCUT2D eigenvalue weighted by Gasteiger charge is -2.44. The van der Waals surface area contributed by atoms with Crippen LogP contribution in [-0.2, 0) is 13.0 Å². The minimum Gasteiger partial charge on any atom is -0.376 e. The molecule has 4 heterocycles. The normalized spacial score (nSPS) is 17.3. The summed E-state index contributed by atoms with van der Waals surface area (Å²) >= 11 is 6.51. The van der Waals surface area contributed by atoms with Gasteiger partial charge in [-0.1, -0.05) is 64.9 Å². The second-order valence-electron chi connectivity index (χ2n) is 14.6. The summed E-state index contributed by atoms with van der Waals surface area (Å²) in [6.45, 7) is 23.1. The molecule has 0 fully saturated rings. The Labute approximate surface area is 280 Å². The second-order valence-corrected chi connectivity index (χ2v) is 15.0. The van der Waals surface area contributed by atoms with Gasteiger partial charge in [0.25, 0.3) is 0 Å². The Morgan fingerprint density at radius 3 is 2.54 bits per heavy atom. The number of benzene rings is 1. The van der Waals surface area contributed by atoms with E-state index in [2.05, 4.69) is 99.3 Å². The largest absolute Gasteiger partial charge is 0.376 e. The monoisotopic (exact) mass is 639 g/mol. The highest BCUT2D eigenvalue weighted by atomic mass is 35.5. The predicted octanol–water partition coefficient (Wildman–Crippen LogP) is 9.26. The van der Waals surface area contributed by atoms with Crippen LogP contribution in [0.3, 0.4) is 0 Å². The predicted molar refractivity (Wildman–Crippen MR) is 198 cm³/mol. The van der Waals surface area contributed by atoms with E-state index in [0.717, 1.165) is 71.1 Å². The van der Waals surface area contributed by atoms with Crippen molar-refractivity contribution in [1.82, 2.24) is 19.8 Å². The summed E-state index contributed by atoms with van der Waals surface area (Å²) in [5.41, 5.74) is 11.3. The number of pyridine rings is 1. The molecule has 46 heavy (non-hydrogen) atoms. The van der Waals surface area contributed by atoms with Crippen LogP contribution < -0.4 is 15.5 Å². The van der Waals surface area contributed by atoms with Gasteiger partial charge in [0.05, 0.1) is 35.3 Å². The van der Waals surface area contributed by atoms with Gasteiger partial charge in [0.2, 0.25) is 0 Å². The van der Waals surface area contributed by atoms with Crippen molar-refractivity contribution in [2.75, 3.05) is 31.4 Å². The maximum Gasteiger partial charge on any atom is 0.144 e. The number of rotatable bonds is 11. The fraction of sp³-hybridized carbons (Fsp3) is 0.421. The standard InChI is InChI=1S/C38H50ClN7/c1-12-13-14-28-24(2)15-27(16-29(28)33-18-38(8,43-33)22-37(5,6)7)30-21-46(36-35(30)26(4)45(11)23-41-36)20-25(3)42-32-17-34(44(9)10)40-19-31(32)39/h15-19,21,23,43H,3-4,12-14,20,22H2,1-2,5-11H3,(H,40,42). The topological polar surface area (TPSA) is 60.7 Å². The maximum absolute atomic E-state index is 6.51. The van der Waals surface area contributed by atoms with E-state index in [1.54, 1.807) is 6.20 Å². The van der Waals surface area contributed by atoms with Gasteiger partial charge >= 0.3 is 0 Å². The highest BCUT2D eigenvalue weighted by Crippen LogP contribution is 2.44. The summed E-state index contributed by atoms with van der Waals surface area (Å²) in [5.74, 6) is 1.68. The first kappa shape index (κ1) is 33.4. The fourth-order valence-electron chi connectivity index (χ4n) is 6.76. The number of hydrogen-bond acceptors (Lipinski definition) is 6. The van der Waals surface area contributed by atoms with Crippen LogP contribution in [0.25, 0.3) is 22.5 Å². The molecule has 2 aromatic heterocycles. The molecule has 0 amide bonds. The molecule has 2 N–H and O–H groups in total. The van der Waals surface area contributed by atoms with Gasteiger partial charge in [0.15, 0.2) is 0 Å². The van der Waals surface area contributed by atoms with Crippen molar-refractivity contribution < 1.29 is 0 Å². The molecule has 7 nitrogen and oxygen atoms in total. The first-order chi connectivity index (χ1) is 21.6. The Kier molecular flexibility index (Phi) is 9.20. The lowest BCUT2D eigenvalue weighted by molar-refractivity contribution is 0.273. The molecular weight excluding hydrogens is 590 g/mol. The summed E-state index contributed by atoms with van der Waals surface area (Å²) in [5, 5.41) is 7.82. The Hall–Kier alpha value is -3.97. The van der Waals surface area contributed by atoms with Crippen LogP contribution in [0.5, 0.6) is 0 Å². The first-order valence-corrected chi connectivity index (χ1v) is 16.6. The SMILES string of the molecule is C=C(Cn1cc(-c2cc(C)c(CCCC)c(C3=CC(C)(CC(C)(C)C)N3)c2)c2c1N=CN(C)C2=C)Nc1cc(N(C)C)ncc1Cl. The molecule has 0 radical (unpaired) electrons. The Bertz CT molecular complexity index is 1740. The molecule has 3 aromatic rings. The van der Waals surface area contributed by atoms with Crippen molar-refractivity contribution in [3.05, 3.63) is 82.8 Å². The smallest absolute Gasteiger partial charge is 0.144 e. The number of aromatic nitrogens is 2. The number of allylic oxidation sites excluding steroid dienone is 1. The summed E-state index contributed by atoms with van der Waals surface area (Å²) < 4.78 is 2.15. The van der Waals surface area contributed by atoms with Crippen molar-refractivity contribution >= 4 is 46.7 Å². The number of nitrogens with zero attached hydrogens (tertiary/aromatic N) is 5. The minimum atomic E-state index is -0.00783. The molecule has 2 aliphatic heterocycles. The number of anilines is 2. The second kappa shape index (κ2) is 12.7. The van der Waals surface area contributed by atoms with E-state index in [-0.39, 0.29) is 11.0 Å². The van der Waals surface area contributed by atoms with Crippen LogP contribution in [0.15, 0.2) is 60.5 Å². The number of halogens is 1. The van der Waals surface area contributed by atoms with E-state index in [1.807, 2.05) is 43.3 Å².